The number of carbonyl (C=O) groups is 2. The third-order valence-electron chi connectivity index (χ3n) is 7.84. The van der Waals surface area contributed by atoms with Gasteiger partial charge in [-0.15, -0.1) is 0 Å². The third kappa shape index (κ3) is 7.32. The molecular formula is C29H39ClN4O6S. The van der Waals surface area contributed by atoms with Crippen LogP contribution in [0.5, 0.6) is 5.75 Å². The summed E-state index contributed by atoms with van der Waals surface area (Å²) < 4.78 is 34.4. The van der Waals surface area contributed by atoms with Crippen molar-refractivity contribution in [1.82, 2.24) is 14.5 Å². The number of amides is 3. The second-order valence-corrected chi connectivity index (χ2v) is 13.5. The summed E-state index contributed by atoms with van der Waals surface area (Å²) in [6.07, 6.45) is 4.43. The number of nitrogens with one attached hydrogen (secondary N) is 2. The van der Waals surface area contributed by atoms with Crippen LogP contribution in [-0.4, -0.2) is 79.6 Å². The molecule has 3 atom stereocenters. The summed E-state index contributed by atoms with van der Waals surface area (Å²) >= 11 is 5.95. The predicted octanol–water partition coefficient (Wildman–Crippen LogP) is 4.34. The Hall–Kier alpha value is -2.86. The Kier molecular flexibility index (Phi) is 10.2. The van der Waals surface area contributed by atoms with Gasteiger partial charge in [0.05, 0.1) is 35.3 Å². The summed E-state index contributed by atoms with van der Waals surface area (Å²) in [5.74, 6) is -0.501. The number of benzene rings is 2. The fourth-order valence-electron chi connectivity index (χ4n) is 5.29. The summed E-state index contributed by atoms with van der Waals surface area (Å²) in [6, 6.07) is 10.1. The van der Waals surface area contributed by atoms with E-state index in [-0.39, 0.29) is 53.8 Å². The molecule has 0 unspecified atom stereocenters. The molecule has 1 saturated carbocycles. The first-order chi connectivity index (χ1) is 19.5. The minimum absolute atomic E-state index is 0.0241. The summed E-state index contributed by atoms with van der Waals surface area (Å²) in [5.41, 5.74) is 0.531. The molecule has 2 aliphatic rings. The first-order valence-corrected chi connectivity index (χ1v) is 15.8. The van der Waals surface area contributed by atoms with Crippen molar-refractivity contribution in [2.75, 3.05) is 32.1 Å². The molecule has 1 fully saturated rings. The lowest BCUT2D eigenvalue weighted by molar-refractivity contribution is 0.0389. The van der Waals surface area contributed by atoms with Crippen molar-refractivity contribution in [2.45, 2.75) is 69.0 Å². The maximum absolute atomic E-state index is 13.7. The lowest BCUT2D eigenvalue weighted by Crippen LogP contribution is -2.50. The molecule has 4 rings (SSSR count). The van der Waals surface area contributed by atoms with Gasteiger partial charge in [0.15, 0.2) is 5.75 Å². The van der Waals surface area contributed by atoms with Crippen LogP contribution >= 0.6 is 11.6 Å². The van der Waals surface area contributed by atoms with E-state index in [4.69, 9.17) is 16.3 Å². The van der Waals surface area contributed by atoms with Gasteiger partial charge in [0.2, 0.25) is 10.0 Å². The molecule has 0 aromatic heterocycles. The molecule has 3 N–H and O–H groups in total. The van der Waals surface area contributed by atoms with Gasteiger partial charge in [-0.2, -0.15) is 4.31 Å². The molecular weight excluding hydrogens is 568 g/mol. The minimum Gasteiger partial charge on any atom is -0.486 e. The monoisotopic (exact) mass is 606 g/mol. The zero-order valence-corrected chi connectivity index (χ0v) is 25.2. The van der Waals surface area contributed by atoms with Crippen molar-refractivity contribution in [3.63, 3.8) is 0 Å². The number of aliphatic hydroxyl groups excluding tert-OH is 1. The molecule has 0 saturated heterocycles. The number of anilines is 1. The summed E-state index contributed by atoms with van der Waals surface area (Å²) in [6.45, 7) is 3.59. The van der Waals surface area contributed by atoms with Crippen LogP contribution < -0.4 is 15.4 Å². The number of urea groups is 1. The number of sulfonamides is 1. The first-order valence-electron chi connectivity index (χ1n) is 14.0. The zero-order valence-electron chi connectivity index (χ0n) is 23.7. The SMILES string of the molecule is C[C@H](CO)N1C[C@H](C)[C@H](CN(C)S(=O)(=O)c2ccc(Cl)cc2)Oc2c(NC(=O)NC3CCCCC3)cccc2C1=O. The van der Waals surface area contributed by atoms with E-state index in [1.165, 1.54) is 35.6 Å². The van der Waals surface area contributed by atoms with Crippen molar-refractivity contribution in [1.29, 1.82) is 0 Å². The Bertz CT molecular complexity index is 1330. The van der Waals surface area contributed by atoms with E-state index in [1.54, 1.807) is 30.0 Å². The molecule has 0 bridgehead atoms. The number of halogens is 1. The number of carbonyl (C=O) groups excluding carboxylic acids is 2. The van der Waals surface area contributed by atoms with Crippen molar-refractivity contribution in [3.8, 4) is 5.75 Å². The number of hydrogen-bond acceptors (Lipinski definition) is 6. The van der Waals surface area contributed by atoms with Crippen molar-refractivity contribution < 1.29 is 27.9 Å². The minimum atomic E-state index is -3.87. The molecule has 10 nitrogen and oxygen atoms in total. The van der Waals surface area contributed by atoms with E-state index in [1.807, 2.05) is 6.92 Å². The lowest BCUT2D eigenvalue weighted by Gasteiger charge is -2.38. The molecule has 1 heterocycles. The van der Waals surface area contributed by atoms with E-state index >= 15 is 0 Å². The topological polar surface area (TPSA) is 128 Å². The highest BCUT2D eigenvalue weighted by Crippen LogP contribution is 2.35. The second kappa shape index (κ2) is 13.4. The van der Waals surface area contributed by atoms with Gasteiger partial charge in [0.25, 0.3) is 5.91 Å². The fraction of sp³-hybridized carbons (Fsp3) is 0.517. The first kappa shape index (κ1) is 31.1. The normalized spacial score (nSPS) is 20.9. The van der Waals surface area contributed by atoms with Gasteiger partial charge in [-0.05, 0) is 56.2 Å². The highest BCUT2D eigenvalue weighted by molar-refractivity contribution is 7.89. The van der Waals surface area contributed by atoms with E-state index in [0.717, 1.165) is 32.1 Å². The van der Waals surface area contributed by atoms with Crippen LogP contribution in [0, 0.1) is 5.92 Å². The van der Waals surface area contributed by atoms with E-state index in [2.05, 4.69) is 10.6 Å². The summed E-state index contributed by atoms with van der Waals surface area (Å²) in [4.78, 5) is 28.3. The van der Waals surface area contributed by atoms with Gasteiger partial charge in [-0.1, -0.05) is 43.9 Å². The van der Waals surface area contributed by atoms with Crippen LogP contribution in [-0.2, 0) is 10.0 Å². The van der Waals surface area contributed by atoms with Crippen LogP contribution in [0.25, 0.3) is 0 Å². The van der Waals surface area contributed by atoms with E-state index in [9.17, 15) is 23.1 Å². The maximum Gasteiger partial charge on any atom is 0.319 e. The molecule has 0 radical (unpaired) electrons. The molecule has 1 aliphatic heterocycles. The van der Waals surface area contributed by atoms with Gasteiger partial charge in [0.1, 0.15) is 6.10 Å². The van der Waals surface area contributed by atoms with E-state index in [0.29, 0.717) is 10.7 Å². The number of likely N-dealkylation sites (N-methyl/N-ethyl adjacent to an activating group) is 1. The molecule has 3 amide bonds. The maximum atomic E-state index is 13.7. The predicted molar refractivity (Wildman–Crippen MR) is 158 cm³/mol. The van der Waals surface area contributed by atoms with Crippen LogP contribution in [0.1, 0.15) is 56.3 Å². The average Bonchev–Trinajstić information content (AvgIpc) is 2.95. The van der Waals surface area contributed by atoms with E-state index < -0.39 is 28.2 Å². The Morgan fingerprint density at radius 2 is 1.85 bits per heavy atom. The second-order valence-electron chi connectivity index (χ2n) is 11.0. The quantitative estimate of drug-likeness (QED) is 0.410. The van der Waals surface area contributed by atoms with Crippen molar-refractivity contribution in [3.05, 3.63) is 53.1 Å². The number of fused-ring (bicyclic) bond motifs is 1. The summed E-state index contributed by atoms with van der Waals surface area (Å²) in [5, 5.41) is 16.2. The summed E-state index contributed by atoms with van der Waals surface area (Å²) in [7, 11) is -2.40. The molecule has 12 heteroatoms. The highest BCUT2D eigenvalue weighted by Gasteiger charge is 2.36. The van der Waals surface area contributed by atoms with Gasteiger partial charge in [-0.3, -0.25) is 4.79 Å². The smallest absolute Gasteiger partial charge is 0.319 e. The van der Waals surface area contributed by atoms with Crippen LogP contribution in [0.4, 0.5) is 10.5 Å². The fourth-order valence-corrected chi connectivity index (χ4v) is 6.60. The average molecular weight is 607 g/mol. The standard InChI is InChI=1S/C29H39ClN4O6S/c1-19-16-34(20(2)18-35)28(36)24-10-7-11-25(32-29(37)31-22-8-5-4-6-9-22)27(24)40-26(19)17-33(3)41(38,39)23-14-12-21(30)13-15-23/h7,10-15,19-20,22,26,35H,4-6,8-9,16-18H2,1-3H3,(H2,31,32,37)/t19-,20+,26-/m0/s1. The van der Waals surface area contributed by atoms with Crippen LogP contribution in [0.2, 0.25) is 5.02 Å². The van der Waals surface area contributed by atoms with Gasteiger partial charge in [-0.25, -0.2) is 13.2 Å². The van der Waals surface area contributed by atoms with Crippen LogP contribution in [0.15, 0.2) is 47.4 Å². The molecule has 41 heavy (non-hydrogen) atoms. The number of para-hydroxylation sites is 1. The van der Waals surface area contributed by atoms with Crippen molar-refractivity contribution in [2.24, 2.45) is 5.92 Å². The van der Waals surface area contributed by atoms with Crippen molar-refractivity contribution >= 4 is 39.2 Å². The van der Waals surface area contributed by atoms with Gasteiger partial charge < -0.3 is 25.4 Å². The number of aliphatic hydroxyl groups is 1. The molecule has 224 valence electrons. The third-order valence-corrected chi connectivity index (χ3v) is 9.93. The number of rotatable bonds is 8. The number of nitrogens with zero attached hydrogens (tertiary/aromatic N) is 2. The molecule has 2 aromatic rings. The Morgan fingerprint density at radius 1 is 1.17 bits per heavy atom. The van der Waals surface area contributed by atoms with Gasteiger partial charge in [0, 0.05) is 30.6 Å². The highest BCUT2D eigenvalue weighted by atomic mass is 35.5. The lowest BCUT2D eigenvalue weighted by atomic mass is 9.96. The zero-order chi connectivity index (χ0) is 29.7. The Morgan fingerprint density at radius 3 is 2.51 bits per heavy atom. The molecule has 1 aliphatic carbocycles. The Labute approximate surface area is 247 Å². The molecule has 0 spiro atoms. The largest absolute Gasteiger partial charge is 0.486 e. The van der Waals surface area contributed by atoms with Gasteiger partial charge >= 0.3 is 6.03 Å². The number of ether oxygens (including phenoxy) is 1. The Balaban J connectivity index is 1.65. The van der Waals surface area contributed by atoms with Crippen LogP contribution in [0.3, 0.4) is 0 Å². The molecule has 2 aromatic carbocycles. The number of hydrogen-bond donors (Lipinski definition) is 3.